The third-order valence-corrected chi connectivity index (χ3v) is 3.05. The first-order chi connectivity index (χ1) is 9.62. The Morgan fingerprint density at radius 3 is 2.45 bits per heavy atom. The van der Waals surface area contributed by atoms with Gasteiger partial charge in [-0.1, -0.05) is 13.3 Å². The molecule has 0 atom stereocenters. The van der Waals surface area contributed by atoms with Gasteiger partial charge < -0.3 is 9.47 Å². The molecule has 20 heavy (non-hydrogen) atoms. The second kappa shape index (κ2) is 5.85. The Balaban J connectivity index is 2.73. The van der Waals surface area contributed by atoms with Crippen LogP contribution in [0.4, 0.5) is 0 Å². The zero-order chi connectivity index (χ0) is 14.7. The number of aromatic nitrogens is 4. The molecule has 0 radical (unpaired) electrons. The topological polar surface area (TPSA) is 79.1 Å². The molecule has 0 N–H and O–H groups in total. The van der Waals surface area contributed by atoms with Gasteiger partial charge in [0.1, 0.15) is 5.82 Å². The third-order valence-electron chi connectivity index (χ3n) is 3.05. The van der Waals surface area contributed by atoms with Gasteiger partial charge in [-0.05, 0) is 13.3 Å². The van der Waals surface area contributed by atoms with Crippen molar-refractivity contribution < 1.29 is 9.47 Å². The van der Waals surface area contributed by atoms with Crippen LogP contribution in [-0.2, 0) is 6.54 Å². The smallest absolute Gasteiger partial charge is 0.320 e. The number of unbranched alkanes of at least 4 members (excludes halogenated alkanes) is 1. The van der Waals surface area contributed by atoms with Crippen molar-refractivity contribution in [1.29, 1.82) is 0 Å². The molecule has 0 spiro atoms. The molecule has 0 saturated heterocycles. The summed E-state index contributed by atoms with van der Waals surface area (Å²) in [5.41, 5.74) is 0.388. The highest BCUT2D eigenvalue weighted by atomic mass is 16.5. The van der Waals surface area contributed by atoms with Gasteiger partial charge in [0, 0.05) is 6.54 Å². The second-order valence-electron chi connectivity index (χ2n) is 4.39. The number of hydrogen-bond acceptors (Lipinski definition) is 6. The predicted octanol–water partition coefficient (Wildman–Crippen LogP) is 1.31. The van der Waals surface area contributed by atoms with E-state index in [0.29, 0.717) is 17.9 Å². The van der Waals surface area contributed by atoms with Crippen molar-refractivity contribution in [2.75, 3.05) is 14.2 Å². The minimum Gasteiger partial charge on any atom is -0.479 e. The highest BCUT2D eigenvalue weighted by molar-refractivity contribution is 5.78. The fourth-order valence-electron chi connectivity index (χ4n) is 1.97. The van der Waals surface area contributed by atoms with Crippen molar-refractivity contribution in [3.8, 4) is 11.9 Å². The van der Waals surface area contributed by atoms with Crippen LogP contribution in [0.1, 0.15) is 25.6 Å². The largest absolute Gasteiger partial charge is 0.479 e. The average Bonchev–Trinajstić information content (AvgIpc) is 2.46. The minimum absolute atomic E-state index is 0.0964. The van der Waals surface area contributed by atoms with Crippen LogP contribution in [0.3, 0.4) is 0 Å². The van der Waals surface area contributed by atoms with E-state index in [2.05, 4.69) is 21.9 Å². The van der Waals surface area contributed by atoms with Crippen molar-refractivity contribution in [1.82, 2.24) is 19.5 Å². The van der Waals surface area contributed by atoms with Gasteiger partial charge in [-0.15, -0.1) is 0 Å². The van der Waals surface area contributed by atoms with Crippen molar-refractivity contribution >= 4 is 11.0 Å². The molecule has 2 heterocycles. The van der Waals surface area contributed by atoms with Crippen molar-refractivity contribution in [3.63, 3.8) is 0 Å². The van der Waals surface area contributed by atoms with Crippen LogP contribution in [0, 0.1) is 6.92 Å². The number of rotatable bonds is 5. The van der Waals surface area contributed by atoms with Crippen LogP contribution < -0.4 is 15.0 Å². The van der Waals surface area contributed by atoms with Gasteiger partial charge in [0.05, 0.1) is 14.2 Å². The van der Waals surface area contributed by atoms with Crippen molar-refractivity contribution in [2.45, 2.75) is 33.2 Å². The molecule has 0 bridgehead atoms. The lowest BCUT2D eigenvalue weighted by molar-refractivity contribution is 0.356. The Kier molecular flexibility index (Phi) is 4.16. The molecule has 2 aromatic rings. The van der Waals surface area contributed by atoms with Gasteiger partial charge in [0.15, 0.2) is 11.0 Å². The van der Waals surface area contributed by atoms with Gasteiger partial charge >= 0.3 is 6.01 Å². The van der Waals surface area contributed by atoms with Crippen LogP contribution >= 0.6 is 0 Å². The summed E-state index contributed by atoms with van der Waals surface area (Å²) in [4.78, 5) is 25.1. The summed E-state index contributed by atoms with van der Waals surface area (Å²) >= 11 is 0. The Morgan fingerprint density at radius 2 is 1.85 bits per heavy atom. The molecule has 0 aliphatic carbocycles. The Bertz CT molecular complexity index is 681. The number of ether oxygens (including phenoxy) is 2. The number of hydrogen-bond donors (Lipinski definition) is 0. The molecule has 0 unspecified atom stereocenters. The number of fused-ring (bicyclic) bond motifs is 1. The maximum Gasteiger partial charge on any atom is 0.320 e. The summed E-state index contributed by atoms with van der Waals surface area (Å²) in [5, 5.41) is 0. The van der Waals surface area contributed by atoms with E-state index in [4.69, 9.17) is 9.47 Å². The Labute approximate surface area is 116 Å². The van der Waals surface area contributed by atoms with Crippen LogP contribution in [0.5, 0.6) is 11.9 Å². The van der Waals surface area contributed by atoms with E-state index in [9.17, 15) is 4.79 Å². The molecule has 0 aliphatic rings. The maximum atomic E-state index is 12.5. The van der Waals surface area contributed by atoms with Gasteiger partial charge in [-0.25, -0.2) is 4.98 Å². The monoisotopic (exact) mass is 278 g/mol. The molecular weight excluding hydrogens is 260 g/mol. The zero-order valence-electron chi connectivity index (χ0n) is 12.1. The molecule has 0 aliphatic heterocycles. The van der Waals surface area contributed by atoms with Gasteiger partial charge in [0.2, 0.25) is 5.88 Å². The lowest BCUT2D eigenvalue weighted by atomic mass is 10.3. The van der Waals surface area contributed by atoms with E-state index in [1.165, 1.54) is 14.2 Å². The molecule has 0 saturated carbocycles. The van der Waals surface area contributed by atoms with Crippen LogP contribution in [0.2, 0.25) is 0 Å². The van der Waals surface area contributed by atoms with Crippen molar-refractivity contribution in [3.05, 3.63) is 16.2 Å². The molecule has 7 heteroatoms. The number of aryl methyl sites for hydroxylation is 1. The van der Waals surface area contributed by atoms with Crippen LogP contribution in [0.25, 0.3) is 11.0 Å². The summed E-state index contributed by atoms with van der Waals surface area (Å²) < 4.78 is 11.8. The molecule has 0 amide bonds. The summed E-state index contributed by atoms with van der Waals surface area (Å²) in [6.45, 7) is 4.49. The molecule has 7 nitrogen and oxygen atoms in total. The standard InChI is InChI=1S/C13H18N4O3/c1-5-6-7-17-8(2)14-9-10(12(17)18)15-13(20-4)16-11(9)19-3/h5-7H2,1-4H3. The van der Waals surface area contributed by atoms with Crippen LogP contribution in [-0.4, -0.2) is 33.7 Å². The van der Waals surface area contributed by atoms with E-state index in [1.54, 1.807) is 11.5 Å². The van der Waals surface area contributed by atoms with Gasteiger partial charge in [-0.2, -0.15) is 9.97 Å². The first kappa shape index (κ1) is 14.2. The van der Waals surface area contributed by atoms with Gasteiger partial charge in [0.25, 0.3) is 5.56 Å². The Morgan fingerprint density at radius 1 is 1.10 bits per heavy atom. The van der Waals surface area contributed by atoms with E-state index >= 15 is 0 Å². The van der Waals surface area contributed by atoms with Crippen LogP contribution in [0.15, 0.2) is 4.79 Å². The summed E-state index contributed by atoms with van der Waals surface area (Å²) in [7, 11) is 2.92. The highest BCUT2D eigenvalue weighted by Crippen LogP contribution is 2.20. The molecule has 2 aromatic heterocycles. The zero-order valence-corrected chi connectivity index (χ0v) is 12.1. The van der Waals surface area contributed by atoms with E-state index < -0.39 is 0 Å². The fourth-order valence-corrected chi connectivity index (χ4v) is 1.97. The summed E-state index contributed by atoms with van der Waals surface area (Å²) in [6.07, 6.45) is 1.91. The molecular formula is C13H18N4O3. The normalized spacial score (nSPS) is 10.8. The molecule has 0 fully saturated rings. The lowest BCUT2D eigenvalue weighted by Gasteiger charge is -2.11. The maximum absolute atomic E-state index is 12.5. The molecule has 0 aromatic carbocycles. The predicted molar refractivity (Wildman–Crippen MR) is 74.3 cm³/mol. The fraction of sp³-hybridized carbons (Fsp3) is 0.538. The number of methoxy groups -OCH3 is 2. The molecule has 2 rings (SSSR count). The average molecular weight is 278 g/mol. The highest BCUT2D eigenvalue weighted by Gasteiger charge is 2.16. The Hall–Kier alpha value is -2.18. The summed E-state index contributed by atoms with van der Waals surface area (Å²) in [6, 6.07) is 0.0964. The first-order valence-electron chi connectivity index (χ1n) is 6.49. The third kappa shape index (κ3) is 2.43. The molecule has 108 valence electrons. The van der Waals surface area contributed by atoms with E-state index in [0.717, 1.165) is 12.8 Å². The second-order valence-corrected chi connectivity index (χ2v) is 4.39. The number of nitrogens with zero attached hydrogens (tertiary/aromatic N) is 4. The van der Waals surface area contributed by atoms with E-state index in [-0.39, 0.29) is 23.0 Å². The SMILES string of the molecule is CCCCn1c(C)nc2c(OC)nc(OC)nc2c1=O. The lowest BCUT2D eigenvalue weighted by Crippen LogP contribution is -2.25. The van der Waals surface area contributed by atoms with E-state index in [1.807, 2.05) is 0 Å². The quantitative estimate of drug-likeness (QED) is 0.820. The summed E-state index contributed by atoms with van der Waals surface area (Å²) in [5.74, 6) is 0.873. The van der Waals surface area contributed by atoms with Gasteiger partial charge in [-0.3, -0.25) is 9.36 Å². The minimum atomic E-state index is -0.194. The van der Waals surface area contributed by atoms with Crippen molar-refractivity contribution in [2.24, 2.45) is 0 Å². The first-order valence-corrected chi connectivity index (χ1v) is 6.49.